The van der Waals surface area contributed by atoms with E-state index in [-0.39, 0.29) is 0 Å². The molecule has 0 N–H and O–H groups in total. The van der Waals surface area contributed by atoms with Crippen LogP contribution in [-0.4, -0.2) is 0 Å². The van der Waals surface area contributed by atoms with Crippen LogP contribution in [0.5, 0.6) is 0 Å². The van der Waals surface area contributed by atoms with Crippen LogP contribution >= 0.6 is 11.6 Å². The minimum Gasteiger partial charge on any atom is -0.171 e. The first-order valence-electron chi connectivity index (χ1n) is 4.45. The van der Waals surface area contributed by atoms with Crippen molar-refractivity contribution in [1.29, 1.82) is 0 Å². The van der Waals surface area contributed by atoms with Crippen molar-refractivity contribution in [3.63, 3.8) is 0 Å². The van der Waals surface area contributed by atoms with Gasteiger partial charge in [-0.3, -0.25) is 0 Å². The zero-order chi connectivity index (χ0) is 10.1. The summed E-state index contributed by atoms with van der Waals surface area (Å²) < 4.78 is 1.97. The third-order valence-electron chi connectivity index (χ3n) is 2.32. The van der Waals surface area contributed by atoms with Gasteiger partial charge in [0.1, 0.15) is 0 Å². The van der Waals surface area contributed by atoms with Crippen molar-refractivity contribution in [3.8, 4) is 0 Å². The number of hydrogen-bond donors (Lipinski definition) is 0. The van der Waals surface area contributed by atoms with Gasteiger partial charge in [-0.15, -0.1) is 0 Å². The molecule has 0 aliphatic rings. The molecule has 1 aromatic carbocycles. The molecular weight excluding hydrogens is 194 g/mol. The lowest BCUT2D eigenvalue weighted by molar-refractivity contribution is -0.573. The maximum atomic E-state index is 6.09. The van der Waals surface area contributed by atoms with E-state index in [9.17, 15) is 0 Å². The lowest BCUT2D eigenvalue weighted by atomic mass is 10.1. The van der Waals surface area contributed by atoms with Crippen LogP contribution in [0.4, 0.5) is 0 Å². The molecule has 0 aliphatic carbocycles. The fourth-order valence-electron chi connectivity index (χ4n) is 1.55. The van der Waals surface area contributed by atoms with Gasteiger partial charge in [0.25, 0.3) is 0 Å². The fraction of sp³-hybridized carbons (Fsp3) is 0.0833. The van der Waals surface area contributed by atoms with Crippen molar-refractivity contribution < 1.29 is 4.57 Å². The van der Waals surface area contributed by atoms with E-state index in [2.05, 4.69) is 18.7 Å². The van der Waals surface area contributed by atoms with Crippen LogP contribution < -0.4 is 4.57 Å². The van der Waals surface area contributed by atoms with Gasteiger partial charge in [-0.1, -0.05) is 23.7 Å². The van der Waals surface area contributed by atoms with E-state index in [4.69, 9.17) is 11.6 Å². The van der Waals surface area contributed by atoms with Gasteiger partial charge in [-0.2, -0.15) is 4.57 Å². The third kappa shape index (κ3) is 1.40. The molecule has 0 saturated carbocycles. The lowest BCUT2D eigenvalue weighted by Gasteiger charge is -2.00. The first-order valence-corrected chi connectivity index (χ1v) is 4.83. The molecule has 2 heteroatoms. The van der Waals surface area contributed by atoms with Crippen molar-refractivity contribution in [1.82, 2.24) is 0 Å². The van der Waals surface area contributed by atoms with E-state index in [1.165, 1.54) is 0 Å². The van der Waals surface area contributed by atoms with Crippen molar-refractivity contribution in [2.45, 2.75) is 6.92 Å². The smallest absolute Gasteiger partial charge is 0.171 e. The molecule has 14 heavy (non-hydrogen) atoms. The molecule has 70 valence electrons. The third-order valence-corrected chi connectivity index (χ3v) is 2.65. The average molecular weight is 205 g/mol. The monoisotopic (exact) mass is 204 g/mol. The van der Waals surface area contributed by atoms with E-state index in [1.54, 1.807) is 6.20 Å². The molecule has 0 bridgehead atoms. The summed E-state index contributed by atoms with van der Waals surface area (Å²) in [6, 6.07) is 8.01. The lowest BCUT2D eigenvalue weighted by Crippen LogP contribution is -2.28. The van der Waals surface area contributed by atoms with Crippen molar-refractivity contribution in [2.24, 2.45) is 0 Å². The number of rotatable bonds is 1. The Morgan fingerprint density at radius 2 is 2.21 bits per heavy atom. The minimum atomic E-state index is 0.776. The quantitative estimate of drug-likeness (QED) is 0.629. The van der Waals surface area contributed by atoms with Crippen molar-refractivity contribution in [3.05, 3.63) is 47.8 Å². The summed E-state index contributed by atoms with van der Waals surface area (Å²) in [5.41, 5.74) is 1.15. The number of nitrogens with zero attached hydrogens (tertiary/aromatic N) is 1. The molecular formula is C12H11ClN+. The summed E-state index contributed by atoms with van der Waals surface area (Å²) in [5.74, 6) is 0. The largest absolute Gasteiger partial charge is 0.184 e. The van der Waals surface area contributed by atoms with Gasteiger partial charge < -0.3 is 0 Å². The van der Waals surface area contributed by atoms with Crippen LogP contribution in [0, 0.1) is 6.92 Å². The predicted octanol–water partition coefficient (Wildman–Crippen LogP) is 3.19. The van der Waals surface area contributed by atoms with E-state index >= 15 is 0 Å². The Morgan fingerprint density at radius 3 is 2.93 bits per heavy atom. The Balaban J connectivity index is 2.86. The molecule has 0 aliphatic heterocycles. The molecule has 1 nitrogen and oxygen atoms in total. The van der Waals surface area contributed by atoms with Gasteiger partial charge in [-0.25, -0.2) is 0 Å². The predicted molar refractivity (Wildman–Crippen MR) is 60.3 cm³/mol. The summed E-state index contributed by atoms with van der Waals surface area (Å²) in [7, 11) is 0. The highest BCUT2D eigenvalue weighted by molar-refractivity contribution is 6.35. The number of hydrogen-bond acceptors (Lipinski definition) is 0. The summed E-state index contributed by atoms with van der Waals surface area (Å²) in [6.07, 6.45) is 3.78. The highest BCUT2D eigenvalue weighted by Crippen LogP contribution is 2.21. The summed E-state index contributed by atoms with van der Waals surface area (Å²) in [6.45, 7) is 5.79. The molecule has 0 spiro atoms. The highest BCUT2D eigenvalue weighted by atomic mass is 35.5. The van der Waals surface area contributed by atoms with Gasteiger partial charge in [0.05, 0.1) is 10.4 Å². The van der Waals surface area contributed by atoms with Gasteiger partial charge >= 0.3 is 0 Å². The van der Waals surface area contributed by atoms with Crippen LogP contribution in [0.25, 0.3) is 17.0 Å². The first kappa shape index (κ1) is 9.22. The molecule has 0 radical (unpaired) electrons. The molecule has 2 rings (SSSR count). The number of pyridine rings is 1. The highest BCUT2D eigenvalue weighted by Gasteiger charge is 2.07. The molecule has 0 amide bonds. The number of aryl methyl sites for hydroxylation is 1. The van der Waals surface area contributed by atoms with Gasteiger partial charge in [0, 0.05) is 13.0 Å². The van der Waals surface area contributed by atoms with E-state index in [0.717, 1.165) is 21.5 Å². The molecule has 1 aromatic heterocycles. The van der Waals surface area contributed by atoms with E-state index in [1.807, 2.05) is 29.8 Å². The molecule has 0 unspecified atom stereocenters. The van der Waals surface area contributed by atoms with Crippen LogP contribution in [0.1, 0.15) is 5.69 Å². The topological polar surface area (TPSA) is 3.88 Å². The number of aromatic nitrogens is 1. The molecule has 1 heterocycles. The van der Waals surface area contributed by atoms with Gasteiger partial charge in [-0.05, 0) is 18.0 Å². The summed E-state index contributed by atoms with van der Waals surface area (Å²) in [4.78, 5) is 0. The van der Waals surface area contributed by atoms with Crippen LogP contribution in [-0.2, 0) is 0 Å². The Kier molecular flexibility index (Phi) is 2.26. The van der Waals surface area contributed by atoms with Crippen molar-refractivity contribution >= 4 is 28.6 Å². The Morgan fingerprint density at radius 1 is 1.43 bits per heavy atom. The molecule has 2 aromatic rings. The Bertz CT molecular complexity index is 503. The summed E-state index contributed by atoms with van der Waals surface area (Å²) in [5, 5.41) is 2.99. The zero-order valence-electron chi connectivity index (χ0n) is 8.00. The number of fused-ring (bicyclic) bond motifs is 1. The average Bonchev–Trinajstić information content (AvgIpc) is 2.17. The SMILES string of the molecule is C=C[n+]1cc2c(Cl)cccc2cc1C. The van der Waals surface area contributed by atoms with E-state index < -0.39 is 0 Å². The minimum absolute atomic E-state index is 0.776. The van der Waals surface area contributed by atoms with Gasteiger partial charge in [0.2, 0.25) is 0 Å². The number of halogens is 1. The maximum absolute atomic E-state index is 6.09. The Labute approximate surface area is 88.3 Å². The van der Waals surface area contributed by atoms with Gasteiger partial charge in [0.15, 0.2) is 18.1 Å². The van der Waals surface area contributed by atoms with Crippen LogP contribution in [0.3, 0.4) is 0 Å². The molecule has 0 saturated heterocycles. The second-order valence-corrected chi connectivity index (χ2v) is 3.65. The van der Waals surface area contributed by atoms with E-state index in [0.29, 0.717) is 0 Å². The zero-order valence-corrected chi connectivity index (χ0v) is 8.75. The summed E-state index contributed by atoms with van der Waals surface area (Å²) >= 11 is 6.09. The number of benzene rings is 1. The Hall–Kier alpha value is -1.34. The molecule has 0 fully saturated rings. The normalized spacial score (nSPS) is 10.4. The maximum Gasteiger partial charge on any atom is 0.184 e. The second kappa shape index (κ2) is 3.43. The molecule has 0 atom stereocenters. The van der Waals surface area contributed by atoms with Crippen LogP contribution in [0.15, 0.2) is 37.0 Å². The second-order valence-electron chi connectivity index (χ2n) is 3.25. The fourth-order valence-corrected chi connectivity index (χ4v) is 1.78. The van der Waals surface area contributed by atoms with Crippen molar-refractivity contribution in [2.75, 3.05) is 0 Å². The standard InChI is InChI=1S/C12H11ClN/c1-3-14-8-11-10(7-9(14)2)5-4-6-12(11)13/h3-8H,1H2,2H3/q+1. The van der Waals surface area contributed by atoms with Crippen LogP contribution in [0.2, 0.25) is 5.02 Å². The first-order chi connectivity index (χ1) is 6.72.